The highest BCUT2D eigenvalue weighted by Crippen LogP contribution is 2.31. The normalized spacial score (nSPS) is 21.6. The SMILES string of the molecule is CN1CCN(C(=O)Cc2c(F)cccc2Cl)CC12CCOCC2. The highest BCUT2D eigenvalue weighted by atomic mass is 35.5. The molecule has 0 unspecified atom stereocenters. The van der Waals surface area contributed by atoms with Gasteiger partial charge in [0.2, 0.25) is 5.91 Å². The summed E-state index contributed by atoms with van der Waals surface area (Å²) in [4.78, 5) is 16.9. The second kappa shape index (κ2) is 6.75. The van der Waals surface area contributed by atoms with Gasteiger partial charge in [0.15, 0.2) is 0 Å². The molecule has 0 bridgehead atoms. The minimum absolute atomic E-state index is 0.00874. The molecule has 4 nitrogen and oxygen atoms in total. The molecule has 0 aliphatic carbocycles. The molecule has 2 aliphatic rings. The molecule has 0 atom stereocenters. The number of rotatable bonds is 2. The van der Waals surface area contributed by atoms with Gasteiger partial charge in [-0.3, -0.25) is 9.69 Å². The van der Waals surface area contributed by atoms with E-state index < -0.39 is 5.82 Å². The van der Waals surface area contributed by atoms with E-state index in [4.69, 9.17) is 16.3 Å². The van der Waals surface area contributed by atoms with Crippen LogP contribution < -0.4 is 0 Å². The number of amides is 1. The Kier molecular flexibility index (Phi) is 4.90. The Labute approximate surface area is 141 Å². The number of piperazine rings is 1. The molecule has 0 N–H and O–H groups in total. The van der Waals surface area contributed by atoms with Crippen molar-refractivity contribution in [3.63, 3.8) is 0 Å². The Bertz CT molecular complexity index is 570. The molecule has 126 valence electrons. The van der Waals surface area contributed by atoms with Gasteiger partial charge >= 0.3 is 0 Å². The fourth-order valence-electron chi connectivity index (χ4n) is 3.53. The molecular formula is C17H22ClFN2O2. The van der Waals surface area contributed by atoms with E-state index in [0.717, 1.165) is 32.6 Å². The van der Waals surface area contributed by atoms with Gasteiger partial charge in [-0.05, 0) is 32.0 Å². The summed E-state index contributed by atoms with van der Waals surface area (Å²) >= 11 is 6.04. The molecule has 0 radical (unpaired) electrons. The summed E-state index contributed by atoms with van der Waals surface area (Å²) in [5, 5.41) is 0.313. The van der Waals surface area contributed by atoms with Crippen LogP contribution in [0.25, 0.3) is 0 Å². The molecule has 1 aromatic carbocycles. The smallest absolute Gasteiger partial charge is 0.227 e. The average molecular weight is 341 g/mol. The lowest BCUT2D eigenvalue weighted by atomic mass is 9.86. The van der Waals surface area contributed by atoms with Crippen LogP contribution in [0.1, 0.15) is 18.4 Å². The molecule has 1 spiro atoms. The van der Waals surface area contributed by atoms with Crippen molar-refractivity contribution in [3.05, 3.63) is 34.6 Å². The maximum Gasteiger partial charge on any atom is 0.227 e. The van der Waals surface area contributed by atoms with Gasteiger partial charge < -0.3 is 9.64 Å². The van der Waals surface area contributed by atoms with Crippen LogP contribution in [-0.2, 0) is 16.0 Å². The fourth-order valence-corrected chi connectivity index (χ4v) is 3.76. The van der Waals surface area contributed by atoms with E-state index in [0.29, 0.717) is 23.7 Å². The second-order valence-corrected chi connectivity index (χ2v) is 6.86. The summed E-state index contributed by atoms with van der Waals surface area (Å²) in [6, 6.07) is 4.52. The van der Waals surface area contributed by atoms with Crippen LogP contribution in [-0.4, -0.2) is 61.1 Å². The quantitative estimate of drug-likeness (QED) is 0.828. The van der Waals surface area contributed by atoms with Crippen molar-refractivity contribution in [1.29, 1.82) is 0 Å². The largest absolute Gasteiger partial charge is 0.381 e. The number of likely N-dealkylation sites (N-methyl/N-ethyl adjacent to an activating group) is 1. The number of hydrogen-bond acceptors (Lipinski definition) is 3. The summed E-state index contributed by atoms with van der Waals surface area (Å²) in [5.74, 6) is -0.475. The summed E-state index contributed by atoms with van der Waals surface area (Å²) < 4.78 is 19.4. The first-order chi connectivity index (χ1) is 11.0. The molecule has 0 saturated carbocycles. The van der Waals surface area contributed by atoms with E-state index in [1.165, 1.54) is 6.07 Å². The fraction of sp³-hybridized carbons (Fsp3) is 0.588. The number of halogens is 2. The standard InChI is InChI=1S/C17H22ClFN2O2/c1-20-7-8-21(12-17(20)5-9-23-10-6-17)16(22)11-13-14(18)3-2-4-15(13)19/h2-4H,5-12H2,1H3. The molecule has 2 heterocycles. The lowest BCUT2D eigenvalue weighted by Gasteiger charge is -2.51. The van der Waals surface area contributed by atoms with Gasteiger partial charge in [0.1, 0.15) is 5.82 Å². The lowest BCUT2D eigenvalue weighted by molar-refractivity contribution is -0.139. The van der Waals surface area contributed by atoms with Gasteiger partial charge in [-0.2, -0.15) is 0 Å². The van der Waals surface area contributed by atoms with Crippen LogP contribution in [0.5, 0.6) is 0 Å². The van der Waals surface area contributed by atoms with Crippen molar-refractivity contribution < 1.29 is 13.9 Å². The maximum absolute atomic E-state index is 13.9. The zero-order chi connectivity index (χ0) is 16.4. The van der Waals surface area contributed by atoms with E-state index >= 15 is 0 Å². The first-order valence-corrected chi connectivity index (χ1v) is 8.39. The lowest BCUT2D eigenvalue weighted by Crippen LogP contribution is -2.63. The Morgan fingerprint density at radius 3 is 2.78 bits per heavy atom. The number of carbonyl (C=O) groups is 1. The van der Waals surface area contributed by atoms with Crippen molar-refractivity contribution in [2.24, 2.45) is 0 Å². The van der Waals surface area contributed by atoms with Crippen LogP contribution in [0.4, 0.5) is 4.39 Å². The third-order valence-electron chi connectivity index (χ3n) is 5.17. The zero-order valence-electron chi connectivity index (χ0n) is 13.4. The van der Waals surface area contributed by atoms with Crippen molar-refractivity contribution >= 4 is 17.5 Å². The first kappa shape index (κ1) is 16.7. The third kappa shape index (κ3) is 3.37. The Balaban J connectivity index is 1.72. The third-order valence-corrected chi connectivity index (χ3v) is 5.52. The van der Waals surface area contributed by atoms with Crippen molar-refractivity contribution in [3.8, 4) is 0 Å². The Hall–Kier alpha value is -1.17. The van der Waals surface area contributed by atoms with Crippen LogP contribution in [0, 0.1) is 5.82 Å². The minimum Gasteiger partial charge on any atom is -0.381 e. The number of nitrogens with zero attached hydrogens (tertiary/aromatic N) is 2. The molecule has 6 heteroatoms. The number of hydrogen-bond donors (Lipinski definition) is 0. The molecule has 2 aliphatic heterocycles. The van der Waals surface area contributed by atoms with Gasteiger partial charge in [-0.1, -0.05) is 17.7 Å². The zero-order valence-corrected chi connectivity index (χ0v) is 14.1. The van der Waals surface area contributed by atoms with Crippen LogP contribution in [0.2, 0.25) is 5.02 Å². The molecular weight excluding hydrogens is 319 g/mol. The maximum atomic E-state index is 13.9. The summed E-state index contributed by atoms with van der Waals surface area (Å²) in [5.41, 5.74) is 0.282. The highest BCUT2D eigenvalue weighted by Gasteiger charge is 2.42. The van der Waals surface area contributed by atoms with Gasteiger partial charge in [-0.25, -0.2) is 4.39 Å². The second-order valence-electron chi connectivity index (χ2n) is 6.45. The van der Waals surface area contributed by atoms with Crippen molar-refractivity contribution in [1.82, 2.24) is 9.80 Å². The Morgan fingerprint density at radius 1 is 1.35 bits per heavy atom. The molecule has 3 rings (SSSR count). The average Bonchev–Trinajstić information content (AvgIpc) is 2.54. The molecule has 23 heavy (non-hydrogen) atoms. The number of carbonyl (C=O) groups excluding carboxylic acids is 1. The Morgan fingerprint density at radius 2 is 2.09 bits per heavy atom. The summed E-state index contributed by atoms with van der Waals surface area (Å²) in [6.45, 7) is 3.63. The molecule has 0 aromatic heterocycles. The first-order valence-electron chi connectivity index (χ1n) is 8.01. The van der Waals surface area contributed by atoms with Crippen LogP contribution in [0.3, 0.4) is 0 Å². The van der Waals surface area contributed by atoms with E-state index in [2.05, 4.69) is 11.9 Å². The molecule has 2 saturated heterocycles. The van der Waals surface area contributed by atoms with Gasteiger partial charge in [0.05, 0.1) is 6.42 Å². The summed E-state index contributed by atoms with van der Waals surface area (Å²) in [6.07, 6.45) is 1.86. The van der Waals surface area contributed by atoms with Crippen molar-refractivity contribution in [2.45, 2.75) is 24.8 Å². The van der Waals surface area contributed by atoms with Crippen molar-refractivity contribution in [2.75, 3.05) is 39.9 Å². The van der Waals surface area contributed by atoms with Gasteiger partial charge in [0, 0.05) is 49.0 Å². The minimum atomic E-state index is -0.416. The van der Waals surface area contributed by atoms with E-state index in [9.17, 15) is 9.18 Å². The topological polar surface area (TPSA) is 32.8 Å². The van der Waals surface area contributed by atoms with Crippen LogP contribution in [0.15, 0.2) is 18.2 Å². The highest BCUT2D eigenvalue weighted by molar-refractivity contribution is 6.31. The van der Waals surface area contributed by atoms with E-state index in [1.807, 2.05) is 4.90 Å². The van der Waals surface area contributed by atoms with E-state index in [-0.39, 0.29) is 17.9 Å². The van der Waals surface area contributed by atoms with Gasteiger partial charge in [-0.15, -0.1) is 0 Å². The predicted molar refractivity (Wildman–Crippen MR) is 87.1 cm³/mol. The van der Waals surface area contributed by atoms with Crippen LogP contribution >= 0.6 is 11.6 Å². The monoisotopic (exact) mass is 340 g/mol. The van der Waals surface area contributed by atoms with E-state index in [1.54, 1.807) is 12.1 Å². The predicted octanol–water partition coefficient (Wildman–Crippen LogP) is 2.34. The number of benzene rings is 1. The number of ether oxygens (including phenoxy) is 1. The molecule has 2 fully saturated rings. The summed E-state index contributed by atoms with van der Waals surface area (Å²) in [7, 11) is 2.11. The van der Waals surface area contributed by atoms with Gasteiger partial charge in [0.25, 0.3) is 0 Å². The molecule has 1 aromatic rings. The molecule has 1 amide bonds.